The van der Waals surface area contributed by atoms with E-state index >= 15 is 0 Å². The fraction of sp³-hybridized carbons (Fsp3) is 0.435. The quantitative estimate of drug-likeness (QED) is 0.675. The Balaban J connectivity index is 1.56. The monoisotopic (exact) mass is 381 g/mol. The van der Waals surface area contributed by atoms with Crippen molar-refractivity contribution >= 4 is 28.7 Å². The lowest BCUT2D eigenvalue weighted by atomic mass is 9.98. The van der Waals surface area contributed by atoms with Crippen LogP contribution >= 0.6 is 12.2 Å². The minimum atomic E-state index is 0.159. The largest absolute Gasteiger partial charge is 0.372 e. The number of hydrogen-bond donors (Lipinski definition) is 2. The summed E-state index contributed by atoms with van der Waals surface area (Å²) in [4.78, 5) is 2.49. The van der Waals surface area contributed by atoms with Crippen molar-refractivity contribution in [3.8, 4) is 0 Å². The second-order valence-electron chi connectivity index (χ2n) is 7.88. The van der Waals surface area contributed by atoms with E-state index in [1.807, 2.05) is 0 Å². The first-order chi connectivity index (χ1) is 12.9. The standard InChI is InChI=1S/C23H31N3S/c1-16-11-13-26(14-12-16)22-9-6-20(7-10-22)19(4)24-23(27)25-21-8-5-17(2)18(3)15-21/h5-10,15-16,19H,11-14H2,1-4H3,(H2,24,25,27)/t19-/m0/s1. The van der Waals surface area contributed by atoms with Crippen molar-refractivity contribution in [3.05, 3.63) is 59.2 Å². The zero-order valence-electron chi connectivity index (χ0n) is 16.9. The molecule has 4 heteroatoms. The molecule has 27 heavy (non-hydrogen) atoms. The Kier molecular flexibility index (Phi) is 6.38. The molecule has 0 amide bonds. The number of nitrogens with zero attached hydrogens (tertiary/aromatic N) is 1. The van der Waals surface area contributed by atoms with Gasteiger partial charge in [0.1, 0.15) is 0 Å². The Morgan fingerprint density at radius 1 is 1.04 bits per heavy atom. The normalized spacial score (nSPS) is 16.1. The van der Waals surface area contributed by atoms with Crippen molar-refractivity contribution in [3.63, 3.8) is 0 Å². The molecule has 0 bridgehead atoms. The lowest BCUT2D eigenvalue weighted by molar-refractivity contribution is 0.438. The summed E-state index contributed by atoms with van der Waals surface area (Å²) in [7, 11) is 0. The molecule has 3 nitrogen and oxygen atoms in total. The van der Waals surface area contributed by atoms with E-state index in [4.69, 9.17) is 12.2 Å². The number of nitrogens with one attached hydrogen (secondary N) is 2. The highest BCUT2D eigenvalue weighted by atomic mass is 32.1. The van der Waals surface area contributed by atoms with Crippen molar-refractivity contribution in [2.45, 2.75) is 46.6 Å². The second-order valence-corrected chi connectivity index (χ2v) is 8.29. The van der Waals surface area contributed by atoms with Gasteiger partial charge in [-0.1, -0.05) is 25.1 Å². The molecule has 1 aliphatic rings. The minimum absolute atomic E-state index is 0.159. The predicted molar refractivity (Wildman–Crippen MR) is 121 cm³/mol. The average molecular weight is 382 g/mol. The smallest absolute Gasteiger partial charge is 0.171 e. The van der Waals surface area contributed by atoms with E-state index in [1.165, 1.54) is 35.2 Å². The van der Waals surface area contributed by atoms with E-state index in [0.717, 1.165) is 24.7 Å². The summed E-state index contributed by atoms with van der Waals surface area (Å²) >= 11 is 5.50. The Morgan fingerprint density at radius 2 is 1.70 bits per heavy atom. The number of rotatable bonds is 4. The number of aryl methyl sites for hydroxylation is 2. The maximum Gasteiger partial charge on any atom is 0.171 e. The van der Waals surface area contributed by atoms with Gasteiger partial charge in [0, 0.05) is 24.5 Å². The number of thiocarbonyl (C=S) groups is 1. The molecule has 1 saturated heterocycles. The number of hydrogen-bond acceptors (Lipinski definition) is 2. The Labute approximate surface area is 169 Å². The molecule has 0 aliphatic carbocycles. The molecular weight excluding hydrogens is 350 g/mol. The van der Waals surface area contributed by atoms with Gasteiger partial charge in [0.25, 0.3) is 0 Å². The summed E-state index contributed by atoms with van der Waals surface area (Å²) in [6, 6.07) is 15.4. The van der Waals surface area contributed by atoms with Crippen molar-refractivity contribution in [2.24, 2.45) is 5.92 Å². The molecule has 1 fully saturated rings. The van der Waals surface area contributed by atoms with Crippen LogP contribution < -0.4 is 15.5 Å². The molecule has 2 aromatic rings. The van der Waals surface area contributed by atoms with Crippen LogP contribution in [0.2, 0.25) is 0 Å². The molecule has 144 valence electrons. The second kappa shape index (κ2) is 8.75. The van der Waals surface area contributed by atoms with Crippen LogP contribution in [0.1, 0.15) is 49.4 Å². The predicted octanol–water partition coefficient (Wildman–Crippen LogP) is 5.59. The number of anilines is 2. The van der Waals surface area contributed by atoms with Crippen LogP contribution in [0, 0.1) is 19.8 Å². The van der Waals surface area contributed by atoms with Crippen LogP contribution in [0.15, 0.2) is 42.5 Å². The molecule has 0 saturated carbocycles. The van der Waals surface area contributed by atoms with Gasteiger partial charge in [-0.05, 0) is 92.7 Å². The third-order valence-electron chi connectivity index (χ3n) is 5.65. The Bertz CT molecular complexity index is 777. The van der Waals surface area contributed by atoms with Gasteiger partial charge < -0.3 is 15.5 Å². The van der Waals surface area contributed by atoms with Gasteiger partial charge in [-0.15, -0.1) is 0 Å². The molecular formula is C23H31N3S. The molecule has 0 aromatic heterocycles. The van der Waals surface area contributed by atoms with Gasteiger partial charge in [-0.3, -0.25) is 0 Å². The van der Waals surface area contributed by atoms with Crippen LogP contribution in [-0.4, -0.2) is 18.2 Å². The third-order valence-corrected chi connectivity index (χ3v) is 5.87. The molecule has 1 aliphatic heterocycles. The van der Waals surface area contributed by atoms with E-state index in [2.05, 4.69) is 85.7 Å². The SMILES string of the molecule is Cc1ccc(NC(=S)N[C@@H](C)c2ccc(N3CCC(C)CC3)cc2)cc1C. The molecule has 0 spiro atoms. The van der Waals surface area contributed by atoms with Gasteiger partial charge in [0.05, 0.1) is 6.04 Å². The molecule has 1 atom stereocenters. The Hall–Kier alpha value is -2.07. The van der Waals surface area contributed by atoms with Crippen LogP contribution in [0.3, 0.4) is 0 Å². The van der Waals surface area contributed by atoms with Crippen molar-refractivity contribution in [1.82, 2.24) is 5.32 Å². The summed E-state index contributed by atoms with van der Waals surface area (Å²) < 4.78 is 0. The maximum atomic E-state index is 5.50. The lowest BCUT2D eigenvalue weighted by Crippen LogP contribution is -2.33. The molecule has 1 heterocycles. The third kappa shape index (κ3) is 5.23. The molecule has 2 N–H and O–H groups in total. The van der Waals surface area contributed by atoms with Gasteiger partial charge in [0.2, 0.25) is 0 Å². The lowest BCUT2D eigenvalue weighted by Gasteiger charge is -2.32. The van der Waals surface area contributed by atoms with Crippen molar-refractivity contribution < 1.29 is 0 Å². The van der Waals surface area contributed by atoms with E-state index in [1.54, 1.807) is 0 Å². The zero-order chi connectivity index (χ0) is 19.4. The summed E-state index contributed by atoms with van der Waals surface area (Å²) in [5.74, 6) is 0.857. The van der Waals surface area contributed by atoms with Gasteiger partial charge in [-0.25, -0.2) is 0 Å². The average Bonchev–Trinajstić information content (AvgIpc) is 2.65. The number of piperidine rings is 1. The van der Waals surface area contributed by atoms with Gasteiger partial charge >= 0.3 is 0 Å². The van der Waals surface area contributed by atoms with E-state index in [-0.39, 0.29) is 6.04 Å². The molecule has 3 rings (SSSR count). The first kappa shape index (κ1) is 19.7. The zero-order valence-corrected chi connectivity index (χ0v) is 17.7. The minimum Gasteiger partial charge on any atom is -0.372 e. The molecule has 0 unspecified atom stereocenters. The first-order valence-electron chi connectivity index (χ1n) is 9.92. The number of benzene rings is 2. The highest BCUT2D eigenvalue weighted by molar-refractivity contribution is 7.80. The topological polar surface area (TPSA) is 27.3 Å². The summed E-state index contributed by atoms with van der Waals surface area (Å²) in [6.07, 6.45) is 2.58. The fourth-order valence-corrected chi connectivity index (χ4v) is 3.80. The Morgan fingerprint density at radius 3 is 2.33 bits per heavy atom. The van der Waals surface area contributed by atoms with Gasteiger partial charge in [0.15, 0.2) is 5.11 Å². The van der Waals surface area contributed by atoms with Crippen LogP contribution in [-0.2, 0) is 0 Å². The maximum absolute atomic E-state index is 5.50. The summed E-state index contributed by atoms with van der Waals surface area (Å²) in [5.41, 5.74) is 6.15. The van der Waals surface area contributed by atoms with E-state index in [0.29, 0.717) is 5.11 Å². The van der Waals surface area contributed by atoms with E-state index < -0.39 is 0 Å². The highest BCUT2D eigenvalue weighted by Crippen LogP contribution is 2.24. The van der Waals surface area contributed by atoms with Crippen LogP contribution in [0.25, 0.3) is 0 Å². The first-order valence-corrected chi connectivity index (χ1v) is 10.3. The fourth-order valence-electron chi connectivity index (χ4n) is 3.51. The summed E-state index contributed by atoms with van der Waals surface area (Å²) in [6.45, 7) is 11.1. The van der Waals surface area contributed by atoms with Crippen molar-refractivity contribution in [2.75, 3.05) is 23.3 Å². The van der Waals surface area contributed by atoms with Crippen molar-refractivity contribution in [1.29, 1.82) is 0 Å². The summed E-state index contributed by atoms with van der Waals surface area (Å²) in [5, 5.41) is 7.33. The molecule has 0 radical (unpaired) electrons. The molecule has 2 aromatic carbocycles. The van der Waals surface area contributed by atoms with Crippen LogP contribution in [0.4, 0.5) is 11.4 Å². The van der Waals surface area contributed by atoms with E-state index in [9.17, 15) is 0 Å². The van der Waals surface area contributed by atoms with Gasteiger partial charge in [-0.2, -0.15) is 0 Å². The van der Waals surface area contributed by atoms with Crippen LogP contribution in [0.5, 0.6) is 0 Å². The highest BCUT2D eigenvalue weighted by Gasteiger charge is 2.16.